The zero-order valence-electron chi connectivity index (χ0n) is 8.04. The van der Waals surface area contributed by atoms with Crippen LogP contribution in [-0.2, 0) is 9.59 Å². The van der Waals surface area contributed by atoms with Gasteiger partial charge in [0.2, 0.25) is 0 Å². The van der Waals surface area contributed by atoms with E-state index in [9.17, 15) is 9.59 Å². The minimum atomic E-state index is -0.952. The molecule has 4 aliphatic carbocycles. The van der Waals surface area contributed by atoms with E-state index in [1.165, 1.54) is 0 Å². The van der Waals surface area contributed by atoms with E-state index in [-0.39, 0.29) is 11.8 Å². The fourth-order valence-corrected chi connectivity index (χ4v) is 3.55. The third kappa shape index (κ3) is 1.02. The van der Waals surface area contributed by atoms with Crippen LogP contribution in [0.5, 0.6) is 0 Å². The SMILES string of the molecule is O=C(O)[C@@H]1[C@H]2C=C[C@@H]([C@H]3C[C@H]23)[C@@H]1C(=O)O. The van der Waals surface area contributed by atoms with E-state index >= 15 is 0 Å². The van der Waals surface area contributed by atoms with Gasteiger partial charge in [-0.05, 0) is 30.1 Å². The molecule has 2 fully saturated rings. The maximum Gasteiger partial charge on any atom is 0.308 e. The molecule has 80 valence electrons. The number of aliphatic carboxylic acids is 2. The number of carbonyl (C=O) groups is 2. The summed E-state index contributed by atoms with van der Waals surface area (Å²) in [5, 5.41) is 18.2. The molecule has 0 saturated heterocycles. The molecule has 0 aromatic rings. The summed E-state index contributed by atoms with van der Waals surface area (Å²) in [4.78, 5) is 22.3. The summed E-state index contributed by atoms with van der Waals surface area (Å²) in [6.07, 6.45) is 4.87. The van der Waals surface area contributed by atoms with E-state index < -0.39 is 23.8 Å². The molecule has 4 aliphatic rings. The number of fused-ring (bicyclic) bond motifs is 1. The number of hydrogen-bond acceptors (Lipinski definition) is 2. The number of allylic oxidation sites excluding steroid dienone is 2. The zero-order valence-corrected chi connectivity index (χ0v) is 8.04. The van der Waals surface area contributed by atoms with Crippen LogP contribution in [0.4, 0.5) is 0 Å². The number of hydrogen-bond donors (Lipinski definition) is 2. The lowest BCUT2D eigenvalue weighted by Crippen LogP contribution is -2.46. The van der Waals surface area contributed by atoms with Crippen LogP contribution in [0.1, 0.15) is 6.42 Å². The van der Waals surface area contributed by atoms with E-state index in [2.05, 4.69) is 0 Å². The molecule has 0 spiro atoms. The Morgan fingerprint density at radius 3 is 1.67 bits per heavy atom. The summed E-state index contributed by atoms with van der Waals surface area (Å²) >= 11 is 0. The maximum absolute atomic E-state index is 11.1. The molecule has 0 unspecified atom stereocenters. The van der Waals surface area contributed by atoms with Crippen molar-refractivity contribution in [2.24, 2.45) is 35.5 Å². The van der Waals surface area contributed by atoms with Gasteiger partial charge in [-0.1, -0.05) is 12.2 Å². The van der Waals surface area contributed by atoms with E-state index in [1.54, 1.807) is 0 Å². The Balaban J connectivity index is 2.02. The van der Waals surface area contributed by atoms with E-state index in [0.717, 1.165) is 6.42 Å². The Bertz CT molecular complexity index is 339. The maximum atomic E-state index is 11.1. The predicted octanol–water partition coefficient (Wildman–Crippen LogP) is 0.840. The second-order valence-electron chi connectivity index (χ2n) is 4.83. The van der Waals surface area contributed by atoms with Crippen LogP contribution < -0.4 is 0 Å². The van der Waals surface area contributed by atoms with E-state index in [4.69, 9.17) is 10.2 Å². The highest BCUT2D eigenvalue weighted by molar-refractivity contribution is 5.82. The normalized spacial score (nSPS) is 49.9. The molecule has 4 heteroatoms. The molecule has 0 heterocycles. The zero-order chi connectivity index (χ0) is 10.7. The molecule has 4 nitrogen and oxygen atoms in total. The quantitative estimate of drug-likeness (QED) is 0.659. The number of rotatable bonds is 2. The third-order valence-corrected chi connectivity index (χ3v) is 4.22. The average molecular weight is 208 g/mol. The van der Waals surface area contributed by atoms with Crippen molar-refractivity contribution in [3.05, 3.63) is 12.2 Å². The Kier molecular flexibility index (Phi) is 1.56. The third-order valence-electron chi connectivity index (χ3n) is 4.22. The first-order valence-electron chi connectivity index (χ1n) is 5.25. The van der Waals surface area contributed by atoms with E-state index in [1.807, 2.05) is 12.2 Å². The molecular formula is C11H12O4. The van der Waals surface area contributed by atoms with E-state index in [0.29, 0.717) is 11.8 Å². The van der Waals surface area contributed by atoms with Gasteiger partial charge in [-0.2, -0.15) is 0 Å². The standard InChI is InChI=1S/C11H12O4/c12-10(13)8-4-1-2-5(7-3-6(4)7)9(8)11(14)15/h1-2,4-9H,3H2,(H,12,13)(H,14,15)/t4-,5-,6+,7+,8-,9+/m0/s1. The van der Waals surface area contributed by atoms with Gasteiger partial charge in [0.05, 0.1) is 11.8 Å². The van der Waals surface area contributed by atoms with Crippen molar-refractivity contribution < 1.29 is 19.8 Å². The summed E-state index contributed by atoms with van der Waals surface area (Å²) in [5.41, 5.74) is 0. The van der Waals surface area contributed by atoms with Gasteiger partial charge in [0, 0.05) is 0 Å². The summed E-state index contributed by atoms with van der Waals surface area (Å²) in [5.74, 6) is -2.52. The first-order valence-corrected chi connectivity index (χ1v) is 5.25. The van der Waals surface area contributed by atoms with Crippen LogP contribution >= 0.6 is 0 Å². The van der Waals surface area contributed by atoms with Crippen LogP contribution in [0.2, 0.25) is 0 Å². The smallest absolute Gasteiger partial charge is 0.308 e. The van der Waals surface area contributed by atoms with Gasteiger partial charge in [0.25, 0.3) is 0 Å². The predicted molar refractivity (Wildman–Crippen MR) is 50.0 cm³/mol. The topological polar surface area (TPSA) is 74.6 Å². The molecule has 0 amide bonds. The monoisotopic (exact) mass is 208 g/mol. The van der Waals surface area contributed by atoms with Crippen LogP contribution in [0.3, 0.4) is 0 Å². The second kappa shape index (κ2) is 2.62. The molecule has 15 heavy (non-hydrogen) atoms. The lowest BCUT2D eigenvalue weighted by Gasteiger charge is -2.40. The highest BCUT2D eigenvalue weighted by atomic mass is 16.4. The molecule has 6 atom stereocenters. The molecule has 4 rings (SSSR count). The summed E-state index contributed by atoms with van der Waals surface area (Å²) in [6.45, 7) is 0. The van der Waals surface area contributed by atoms with Crippen LogP contribution in [0.25, 0.3) is 0 Å². The summed E-state index contributed by atoms with van der Waals surface area (Å²) < 4.78 is 0. The van der Waals surface area contributed by atoms with Crippen molar-refractivity contribution >= 4 is 11.9 Å². The van der Waals surface area contributed by atoms with Gasteiger partial charge in [0.15, 0.2) is 0 Å². The fraction of sp³-hybridized carbons (Fsp3) is 0.636. The minimum Gasteiger partial charge on any atom is -0.481 e. The largest absolute Gasteiger partial charge is 0.481 e. The van der Waals surface area contributed by atoms with Crippen molar-refractivity contribution in [1.29, 1.82) is 0 Å². The van der Waals surface area contributed by atoms with Gasteiger partial charge in [-0.15, -0.1) is 0 Å². The average Bonchev–Trinajstić information content (AvgIpc) is 2.96. The highest BCUT2D eigenvalue weighted by Crippen LogP contribution is 2.63. The molecule has 2 N–H and O–H groups in total. The Hall–Kier alpha value is -1.32. The molecule has 2 saturated carbocycles. The first-order chi connectivity index (χ1) is 7.11. The van der Waals surface area contributed by atoms with Crippen LogP contribution in [0.15, 0.2) is 12.2 Å². The summed E-state index contributed by atoms with van der Waals surface area (Å²) in [7, 11) is 0. The van der Waals surface area contributed by atoms with Crippen molar-refractivity contribution in [2.45, 2.75) is 6.42 Å². The molecular weight excluding hydrogens is 196 g/mol. The van der Waals surface area contributed by atoms with Crippen LogP contribution in [-0.4, -0.2) is 22.2 Å². The van der Waals surface area contributed by atoms with Crippen molar-refractivity contribution in [3.8, 4) is 0 Å². The van der Waals surface area contributed by atoms with Crippen LogP contribution in [0, 0.1) is 35.5 Å². The van der Waals surface area contributed by atoms with Gasteiger partial charge in [-0.3, -0.25) is 9.59 Å². The Morgan fingerprint density at radius 2 is 1.33 bits per heavy atom. The van der Waals surface area contributed by atoms with Gasteiger partial charge in [-0.25, -0.2) is 0 Å². The van der Waals surface area contributed by atoms with Gasteiger partial charge < -0.3 is 10.2 Å². The molecule has 0 aromatic carbocycles. The lowest BCUT2D eigenvalue weighted by molar-refractivity contribution is -0.160. The number of carboxylic acids is 2. The Labute approximate surface area is 86.6 Å². The van der Waals surface area contributed by atoms with Crippen molar-refractivity contribution in [2.75, 3.05) is 0 Å². The molecule has 2 bridgehead atoms. The number of carboxylic acid groups (broad SMARTS) is 2. The fourth-order valence-electron chi connectivity index (χ4n) is 3.55. The minimum absolute atomic E-state index is 0.0430. The van der Waals surface area contributed by atoms with Gasteiger partial charge >= 0.3 is 11.9 Å². The summed E-state index contributed by atoms with van der Waals surface area (Å²) in [6, 6.07) is 0. The molecule has 0 radical (unpaired) electrons. The van der Waals surface area contributed by atoms with Gasteiger partial charge in [0.1, 0.15) is 0 Å². The van der Waals surface area contributed by atoms with Crippen molar-refractivity contribution in [1.82, 2.24) is 0 Å². The molecule has 0 aromatic heterocycles. The first kappa shape index (κ1) is 8.95. The lowest BCUT2D eigenvalue weighted by atomic mass is 9.62. The second-order valence-corrected chi connectivity index (χ2v) is 4.83. The molecule has 0 aliphatic heterocycles. The van der Waals surface area contributed by atoms with Crippen molar-refractivity contribution in [3.63, 3.8) is 0 Å². The Morgan fingerprint density at radius 1 is 0.933 bits per heavy atom. The highest BCUT2D eigenvalue weighted by Gasteiger charge is 2.63.